The lowest BCUT2D eigenvalue weighted by Crippen LogP contribution is -2.25. The standard InChI is InChI=1S/C19H12F2N4O2/c20-12-1-3-15(21)14(9-12)18-23-16-4-2-13(10-17(16)24-18)22-19(26)11-5-7-25(27)8-6-11/h1-10H,(H,22,26)(H,23,24). The van der Waals surface area contributed by atoms with Crippen LogP contribution in [-0.2, 0) is 0 Å². The summed E-state index contributed by atoms with van der Waals surface area (Å²) in [4.78, 5) is 19.4. The normalized spacial score (nSPS) is 10.9. The SMILES string of the molecule is O=C(Nc1ccc2nc(-c3cc(F)ccc3F)[nH]c2c1)c1cc[n+]([O-])cc1. The molecule has 0 aliphatic heterocycles. The molecule has 4 aromatic rings. The number of rotatable bonds is 3. The van der Waals surface area contributed by atoms with E-state index in [4.69, 9.17) is 0 Å². The van der Waals surface area contributed by atoms with Crippen LogP contribution in [0.25, 0.3) is 22.4 Å². The first-order chi connectivity index (χ1) is 13.0. The number of aromatic nitrogens is 3. The third-order valence-corrected chi connectivity index (χ3v) is 3.99. The van der Waals surface area contributed by atoms with Crippen molar-refractivity contribution in [3.8, 4) is 11.4 Å². The minimum absolute atomic E-state index is 0.0204. The number of amides is 1. The zero-order valence-electron chi connectivity index (χ0n) is 13.7. The molecule has 0 aliphatic rings. The Morgan fingerprint density at radius 3 is 2.63 bits per heavy atom. The number of halogens is 2. The summed E-state index contributed by atoms with van der Waals surface area (Å²) < 4.78 is 27.9. The van der Waals surface area contributed by atoms with Crippen molar-refractivity contribution in [3.63, 3.8) is 0 Å². The molecule has 2 aromatic heterocycles. The maximum Gasteiger partial charge on any atom is 0.256 e. The van der Waals surface area contributed by atoms with Crippen LogP contribution >= 0.6 is 0 Å². The van der Waals surface area contributed by atoms with Crippen molar-refractivity contribution in [2.75, 3.05) is 5.32 Å². The monoisotopic (exact) mass is 366 g/mol. The minimum atomic E-state index is -0.594. The Hall–Kier alpha value is -3.81. The van der Waals surface area contributed by atoms with Crippen LogP contribution in [0.2, 0.25) is 0 Å². The molecule has 0 saturated carbocycles. The summed E-state index contributed by atoms with van der Waals surface area (Å²) >= 11 is 0. The molecular weight excluding hydrogens is 354 g/mol. The molecule has 0 fully saturated rings. The van der Waals surface area contributed by atoms with Crippen molar-refractivity contribution < 1.29 is 18.3 Å². The Balaban J connectivity index is 1.64. The third kappa shape index (κ3) is 3.32. The minimum Gasteiger partial charge on any atom is -0.619 e. The number of imidazole rings is 1. The highest BCUT2D eigenvalue weighted by Crippen LogP contribution is 2.25. The fraction of sp³-hybridized carbons (Fsp3) is 0. The van der Waals surface area contributed by atoms with E-state index in [0.29, 0.717) is 27.0 Å². The van der Waals surface area contributed by atoms with E-state index in [9.17, 15) is 18.8 Å². The van der Waals surface area contributed by atoms with Gasteiger partial charge >= 0.3 is 0 Å². The molecule has 1 amide bonds. The number of pyridine rings is 1. The van der Waals surface area contributed by atoms with Crippen LogP contribution in [0.4, 0.5) is 14.5 Å². The highest BCUT2D eigenvalue weighted by molar-refractivity contribution is 6.04. The van der Waals surface area contributed by atoms with Gasteiger partial charge in [-0.05, 0) is 36.4 Å². The molecule has 0 unspecified atom stereocenters. The number of aromatic amines is 1. The van der Waals surface area contributed by atoms with Gasteiger partial charge < -0.3 is 15.5 Å². The van der Waals surface area contributed by atoms with Gasteiger partial charge in [0.15, 0.2) is 12.4 Å². The predicted octanol–water partition coefficient (Wildman–Crippen LogP) is 3.39. The summed E-state index contributed by atoms with van der Waals surface area (Å²) in [5.41, 5.74) is 1.93. The Morgan fingerprint density at radius 1 is 1.07 bits per heavy atom. The molecule has 2 heterocycles. The number of carbonyl (C=O) groups excluding carboxylic acids is 1. The van der Waals surface area contributed by atoms with Gasteiger partial charge in [-0.25, -0.2) is 13.8 Å². The van der Waals surface area contributed by atoms with Crippen molar-refractivity contribution in [1.29, 1.82) is 0 Å². The van der Waals surface area contributed by atoms with Crippen LogP contribution in [0.15, 0.2) is 60.9 Å². The van der Waals surface area contributed by atoms with Gasteiger partial charge in [0.25, 0.3) is 5.91 Å². The molecule has 4 rings (SSSR count). The summed E-state index contributed by atoms with van der Waals surface area (Å²) in [5, 5.41) is 13.7. The molecule has 2 aromatic carbocycles. The molecule has 2 N–H and O–H groups in total. The van der Waals surface area contributed by atoms with E-state index in [1.807, 2.05) is 0 Å². The zero-order chi connectivity index (χ0) is 19.0. The number of anilines is 1. The van der Waals surface area contributed by atoms with Crippen LogP contribution in [0.5, 0.6) is 0 Å². The Kier molecular flexibility index (Phi) is 4.00. The molecule has 0 atom stereocenters. The second-order valence-electron chi connectivity index (χ2n) is 5.84. The molecule has 0 saturated heterocycles. The summed E-state index contributed by atoms with van der Waals surface area (Å²) in [6.07, 6.45) is 2.46. The summed E-state index contributed by atoms with van der Waals surface area (Å²) in [5.74, 6) is -1.36. The van der Waals surface area contributed by atoms with E-state index in [1.54, 1.807) is 18.2 Å². The van der Waals surface area contributed by atoms with Crippen molar-refractivity contribution >= 4 is 22.6 Å². The molecule has 0 spiro atoms. The van der Waals surface area contributed by atoms with E-state index >= 15 is 0 Å². The van der Waals surface area contributed by atoms with Gasteiger partial charge in [-0.15, -0.1) is 0 Å². The van der Waals surface area contributed by atoms with Gasteiger partial charge in [-0.2, -0.15) is 4.73 Å². The molecule has 0 aliphatic carbocycles. The average Bonchev–Trinajstić information content (AvgIpc) is 3.07. The maximum absolute atomic E-state index is 13.9. The second kappa shape index (κ2) is 6.49. The van der Waals surface area contributed by atoms with Crippen LogP contribution in [0, 0.1) is 16.8 Å². The number of hydrogen-bond acceptors (Lipinski definition) is 3. The molecule has 6 nitrogen and oxygen atoms in total. The number of hydrogen-bond donors (Lipinski definition) is 2. The number of fused-ring (bicyclic) bond motifs is 1. The molecular formula is C19H12F2N4O2. The predicted molar refractivity (Wildman–Crippen MR) is 94.8 cm³/mol. The zero-order valence-corrected chi connectivity index (χ0v) is 13.7. The van der Waals surface area contributed by atoms with Gasteiger partial charge in [0, 0.05) is 17.8 Å². The van der Waals surface area contributed by atoms with Crippen LogP contribution < -0.4 is 10.0 Å². The Morgan fingerprint density at radius 2 is 1.85 bits per heavy atom. The fourth-order valence-corrected chi connectivity index (χ4v) is 2.66. The number of H-pyrrole nitrogens is 1. The van der Waals surface area contributed by atoms with Gasteiger partial charge in [-0.1, -0.05) is 0 Å². The van der Waals surface area contributed by atoms with Gasteiger partial charge in [0.05, 0.1) is 22.2 Å². The van der Waals surface area contributed by atoms with Crippen LogP contribution in [-0.4, -0.2) is 15.9 Å². The van der Waals surface area contributed by atoms with Gasteiger partial charge in [0.1, 0.15) is 17.5 Å². The first-order valence-corrected chi connectivity index (χ1v) is 7.95. The largest absolute Gasteiger partial charge is 0.619 e. The van der Waals surface area contributed by atoms with Gasteiger partial charge in [0.2, 0.25) is 0 Å². The lowest BCUT2D eigenvalue weighted by molar-refractivity contribution is -0.605. The Bertz CT molecular complexity index is 1160. The first-order valence-electron chi connectivity index (χ1n) is 7.95. The lowest BCUT2D eigenvalue weighted by atomic mass is 10.2. The molecule has 134 valence electrons. The smallest absolute Gasteiger partial charge is 0.256 e. The van der Waals surface area contributed by atoms with Crippen molar-refractivity contribution in [2.24, 2.45) is 0 Å². The van der Waals surface area contributed by atoms with Crippen molar-refractivity contribution in [3.05, 3.63) is 83.3 Å². The number of carbonyl (C=O) groups is 1. The topological polar surface area (TPSA) is 84.7 Å². The van der Waals surface area contributed by atoms with E-state index in [0.717, 1.165) is 18.2 Å². The van der Waals surface area contributed by atoms with Crippen molar-refractivity contribution in [2.45, 2.75) is 0 Å². The summed E-state index contributed by atoms with van der Waals surface area (Å²) in [6.45, 7) is 0. The molecule has 0 radical (unpaired) electrons. The number of nitrogens with zero attached hydrogens (tertiary/aromatic N) is 2. The third-order valence-electron chi connectivity index (χ3n) is 3.99. The molecule has 27 heavy (non-hydrogen) atoms. The van der Waals surface area contributed by atoms with Crippen LogP contribution in [0.3, 0.4) is 0 Å². The lowest BCUT2D eigenvalue weighted by Gasteiger charge is -2.05. The summed E-state index contributed by atoms with van der Waals surface area (Å²) in [7, 11) is 0. The second-order valence-corrected chi connectivity index (χ2v) is 5.84. The van der Waals surface area contributed by atoms with Crippen molar-refractivity contribution in [1.82, 2.24) is 9.97 Å². The van der Waals surface area contributed by atoms with Gasteiger partial charge in [-0.3, -0.25) is 4.79 Å². The highest BCUT2D eigenvalue weighted by Gasteiger charge is 2.13. The number of nitrogens with one attached hydrogen (secondary N) is 2. The number of benzene rings is 2. The van der Waals surface area contributed by atoms with E-state index in [-0.39, 0.29) is 17.3 Å². The average molecular weight is 366 g/mol. The van der Waals surface area contributed by atoms with E-state index < -0.39 is 11.6 Å². The van der Waals surface area contributed by atoms with E-state index in [2.05, 4.69) is 15.3 Å². The molecule has 8 heteroatoms. The Labute approximate surface area is 151 Å². The molecule has 0 bridgehead atoms. The highest BCUT2D eigenvalue weighted by atomic mass is 19.1. The van der Waals surface area contributed by atoms with E-state index in [1.165, 1.54) is 24.5 Å². The fourth-order valence-electron chi connectivity index (χ4n) is 2.66. The quantitative estimate of drug-likeness (QED) is 0.431. The first kappa shape index (κ1) is 16.6. The van der Waals surface area contributed by atoms with Crippen LogP contribution in [0.1, 0.15) is 10.4 Å². The maximum atomic E-state index is 13.9. The summed E-state index contributed by atoms with van der Waals surface area (Å²) in [6, 6.07) is 10.9.